The lowest BCUT2D eigenvalue weighted by molar-refractivity contribution is -0.145. The predicted octanol–water partition coefficient (Wildman–Crippen LogP) is 3.76. The van der Waals surface area contributed by atoms with Crippen LogP contribution in [0.15, 0.2) is 53.7 Å². The number of amides is 1. The Morgan fingerprint density at radius 1 is 1.07 bits per heavy atom. The lowest BCUT2D eigenvalue weighted by atomic mass is 9.98. The molecule has 1 heterocycles. The zero-order valence-electron chi connectivity index (χ0n) is 16.3. The molecule has 1 aliphatic rings. The van der Waals surface area contributed by atoms with Gasteiger partial charge in [0, 0.05) is 12.0 Å². The fourth-order valence-electron chi connectivity index (χ4n) is 3.40. The maximum absolute atomic E-state index is 13.3. The van der Waals surface area contributed by atoms with Gasteiger partial charge in [0.2, 0.25) is 0 Å². The third-order valence-electron chi connectivity index (χ3n) is 4.79. The monoisotopic (exact) mass is 420 g/mol. The fourth-order valence-corrected chi connectivity index (χ4v) is 3.40. The lowest BCUT2D eigenvalue weighted by Gasteiger charge is -2.22. The Balaban J connectivity index is 1.89. The summed E-state index contributed by atoms with van der Waals surface area (Å²) in [5.74, 6) is -1.04. The van der Waals surface area contributed by atoms with E-state index in [9.17, 15) is 22.8 Å². The Morgan fingerprint density at radius 3 is 2.33 bits per heavy atom. The summed E-state index contributed by atoms with van der Waals surface area (Å²) in [6.07, 6.45) is -4.31. The van der Waals surface area contributed by atoms with Crippen molar-refractivity contribution in [2.45, 2.75) is 18.6 Å². The first kappa shape index (κ1) is 21.4. The molecule has 0 radical (unpaired) electrons. The van der Waals surface area contributed by atoms with Crippen molar-refractivity contribution in [3.8, 4) is 11.1 Å². The van der Waals surface area contributed by atoms with Gasteiger partial charge >= 0.3 is 12.1 Å². The molecule has 0 unspecified atom stereocenters. The molecule has 1 fully saturated rings. The zero-order valence-corrected chi connectivity index (χ0v) is 16.3. The molecule has 1 aliphatic heterocycles. The first-order chi connectivity index (χ1) is 14.3. The molecule has 0 N–H and O–H groups in total. The summed E-state index contributed by atoms with van der Waals surface area (Å²) >= 11 is 0. The second kappa shape index (κ2) is 8.56. The highest BCUT2D eigenvalue weighted by molar-refractivity contribution is 6.04. The molecule has 9 heteroatoms. The van der Waals surface area contributed by atoms with Gasteiger partial charge in [-0.15, -0.1) is 0 Å². The molecule has 2 aromatic carbocycles. The molecule has 6 nitrogen and oxygen atoms in total. The first-order valence-corrected chi connectivity index (χ1v) is 9.00. The summed E-state index contributed by atoms with van der Waals surface area (Å²) in [5, 5.41) is 3.81. The number of hydrogen-bond acceptors (Lipinski definition) is 5. The smallest absolute Gasteiger partial charge is 0.417 e. The molecule has 158 valence electrons. The topological polar surface area (TPSA) is 68.2 Å². The standard InChI is InChI=1S/C21H19F3N2O4/c1-29-20(28)18-11-15(25-30-2)12-26(18)19(27)14-9-7-13(8-10-14)16-5-3-4-6-17(16)21(22,23)24/h3-10,18H,11-12H2,1-2H3/b25-15+/t18-/m0/s1. The van der Waals surface area contributed by atoms with Crippen LogP contribution in [0, 0.1) is 0 Å². The molecular formula is C21H19F3N2O4. The predicted molar refractivity (Wildman–Crippen MR) is 103 cm³/mol. The number of rotatable bonds is 4. The van der Waals surface area contributed by atoms with Gasteiger partial charge in [-0.25, -0.2) is 4.79 Å². The van der Waals surface area contributed by atoms with Crippen LogP contribution in [0.5, 0.6) is 0 Å². The Labute approximate surface area is 170 Å². The number of ether oxygens (including phenoxy) is 1. The minimum atomic E-state index is -4.49. The molecule has 0 bridgehead atoms. The highest BCUT2D eigenvalue weighted by atomic mass is 19.4. The van der Waals surface area contributed by atoms with Crippen molar-refractivity contribution in [1.29, 1.82) is 0 Å². The number of esters is 1. The second-order valence-electron chi connectivity index (χ2n) is 6.64. The Kier molecular flexibility index (Phi) is 6.09. The van der Waals surface area contributed by atoms with Gasteiger partial charge in [0.15, 0.2) is 0 Å². The SMILES string of the molecule is CO/N=C1\C[C@@H](C(=O)OC)N(C(=O)c2ccc(-c3ccccc3C(F)(F)F)cc2)C1. The summed E-state index contributed by atoms with van der Waals surface area (Å²) in [6.45, 7) is 0.0884. The van der Waals surface area contributed by atoms with E-state index >= 15 is 0 Å². The van der Waals surface area contributed by atoms with Gasteiger partial charge < -0.3 is 14.5 Å². The van der Waals surface area contributed by atoms with Crippen LogP contribution >= 0.6 is 0 Å². The van der Waals surface area contributed by atoms with Gasteiger partial charge in [0.25, 0.3) is 5.91 Å². The Morgan fingerprint density at radius 2 is 1.73 bits per heavy atom. The van der Waals surface area contributed by atoms with Gasteiger partial charge in [-0.2, -0.15) is 13.2 Å². The van der Waals surface area contributed by atoms with Gasteiger partial charge in [0.1, 0.15) is 13.2 Å². The van der Waals surface area contributed by atoms with E-state index in [0.29, 0.717) is 11.3 Å². The van der Waals surface area contributed by atoms with Gasteiger partial charge in [-0.05, 0) is 29.3 Å². The van der Waals surface area contributed by atoms with Crippen molar-refractivity contribution in [3.63, 3.8) is 0 Å². The average Bonchev–Trinajstić information content (AvgIpc) is 3.16. The normalized spacial score (nSPS) is 17.8. The van der Waals surface area contributed by atoms with E-state index in [-0.39, 0.29) is 24.1 Å². The maximum Gasteiger partial charge on any atom is 0.417 e. The summed E-state index contributed by atoms with van der Waals surface area (Å²) in [6, 6.07) is 10.2. The van der Waals surface area contributed by atoms with Crippen LogP contribution in [0.3, 0.4) is 0 Å². The third-order valence-corrected chi connectivity index (χ3v) is 4.79. The quantitative estimate of drug-likeness (QED) is 0.558. The molecule has 0 spiro atoms. The van der Waals surface area contributed by atoms with Crippen molar-refractivity contribution in [1.82, 2.24) is 4.90 Å². The molecule has 0 aromatic heterocycles. The number of carbonyl (C=O) groups is 2. The number of nitrogens with zero attached hydrogens (tertiary/aromatic N) is 2. The summed E-state index contributed by atoms with van der Waals surface area (Å²) in [5.41, 5.74) is 0.335. The first-order valence-electron chi connectivity index (χ1n) is 9.00. The zero-order chi connectivity index (χ0) is 21.9. The number of alkyl halides is 3. The fraction of sp³-hybridized carbons (Fsp3) is 0.286. The third kappa shape index (κ3) is 4.29. The van der Waals surface area contributed by atoms with Crippen LogP contribution in [0.4, 0.5) is 13.2 Å². The molecule has 1 amide bonds. The van der Waals surface area contributed by atoms with E-state index in [0.717, 1.165) is 6.07 Å². The number of carbonyl (C=O) groups excluding carboxylic acids is 2. The molecule has 30 heavy (non-hydrogen) atoms. The number of benzene rings is 2. The molecule has 2 aromatic rings. The molecular weight excluding hydrogens is 401 g/mol. The van der Waals surface area contributed by atoms with E-state index in [1.807, 2.05) is 0 Å². The number of methoxy groups -OCH3 is 1. The number of likely N-dealkylation sites (tertiary alicyclic amines) is 1. The van der Waals surface area contributed by atoms with Gasteiger partial charge in [-0.1, -0.05) is 35.5 Å². The van der Waals surface area contributed by atoms with E-state index in [1.165, 1.54) is 61.6 Å². The van der Waals surface area contributed by atoms with Crippen molar-refractivity contribution < 1.29 is 32.3 Å². The van der Waals surface area contributed by atoms with Crippen molar-refractivity contribution in [2.24, 2.45) is 5.16 Å². The molecule has 0 aliphatic carbocycles. The van der Waals surface area contributed by atoms with E-state index in [1.54, 1.807) is 0 Å². The number of hydrogen-bond donors (Lipinski definition) is 0. The van der Waals surface area contributed by atoms with Crippen molar-refractivity contribution in [3.05, 3.63) is 59.7 Å². The average molecular weight is 420 g/mol. The van der Waals surface area contributed by atoms with Crippen molar-refractivity contribution in [2.75, 3.05) is 20.8 Å². The van der Waals surface area contributed by atoms with Gasteiger partial charge in [-0.3, -0.25) is 4.79 Å². The van der Waals surface area contributed by atoms with E-state index in [4.69, 9.17) is 9.57 Å². The molecule has 1 atom stereocenters. The molecule has 1 saturated heterocycles. The minimum Gasteiger partial charge on any atom is -0.467 e. The lowest BCUT2D eigenvalue weighted by Crippen LogP contribution is -2.41. The maximum atomic E-state index is 13.3. The Hall–Kier alpha value is -3.36. The highest BCUT2D eigenvalue weighted by Gasteiger charge is 2.39. The minimum absolute atomic E-state index is 0.0205. The van der Waals surface area contributed by atoms with E-state index in [2.05, 4.69) is 5.16 Å². The molecule has 0 saturated carbocycles. The Bertz CT molecular complexity index is 971. The van der Waals surface area contributed by atoms with Crippen LogP contribution in [0.2, 0.25) is 0 Å². The molecule has 3 rings (SSSR count). The van der Waals surface area contributed by atoms with Crippen LogP contribution in [0.25, 0.3) is 11.1 Å². The van der Waals surface area contributed by atoms with Crippen LogP contribution in [-0.4, -0.2) is 49.3 Å². The van der Waals surface area contributed by atoms with Gasteiger partial charge in [0.05, 0.1) is 24.9 Å². The van der Waals surface area contributed by atoms with E-state index < -0.39 is 29.7 Å². The van der Waals surface area contributed by atoms with Crippen molar-refractivity contribution >= 4 is 17.6 Å². The number of halogens is 3. The summed E-state index contributed by atoms with van der Waals surface area (Å²) in [4.78, 5) is 31.0. The van der Waals surface area contributed by atoms with Crippen LogP contribution < -0.4 is 0 Å². The highest BCUT2D eigenvalue weighted by Crippen LogP contribution is 2.37. The second-order valence-corrected chi connectivity index (χ2v) is 6.64. The van der Waals surface area contributed by atoms with Crippen LogP contribution in [0.1, 0.15) is 22.3 Å². The summed E-state index contributed by atoms with van der Waals surface area (Å²) < 4.78 is 44.6. The summed E-state index contributed by atoms with van der Waals surface area (Å²) in [7, 11) is 2.59. The largest absolute Gasteiger partial charge is 0.467 e. The van der Waals surface area contributed by atoms with Crippen LogP contribution in [-0.2, 0) is 20.5 Å². The number of oxime groups is 1.